The van der Waals surface area contributed by atoms with Gasteiger partial charge in [-0.05, 0) is 30.3 Å². The molecule has 144 valence electrons. The predicted molar refractivity (Wildman–Crippen MR) is 96.5 cm³/mol. The average Bonchev–Trinajstić information content (AvgIpc) is 2.72. The summed E-state index contributed by atoms with van der Waals surface area (Å²) in [5, 5.41) is 29.3. The van der Waals surface area contributed by atoms with Crippen LogP contribution in [0.2, 0.25) is 0 Å². The molecule has 0 saturated heterocycles. The second kappa shape index (κ2) is 8.94. The summed E-state index contributed by atoms with van der Waals surface area (Å²) >= 11 is 0. The third-order valence-electron chi connectivity index (χ3n) is 3.53. The summed E-state index contributed by atoms with van der Waals surface area (Å²) in [6, 6.07) is 15.1. The van der Waals surface area contributed by atoms with E-state index in [0.717, 1.165) is 6.07 Å². The lowest BCUT2D eigenvalue weighted by molar-refractivity contribution is -0.137. The zero-order chi connectivity index (χ0) is 21.4. The average molecular weight is 396 g/mol. The first-order chi connectivity index (χ1) is 13.8. The van der Waals surface area contributed by atoms with Crippen molar-refractivity contribution in [2.45, 2.75) is 6.18 Å². The number of alkyl halides is 3. The van der Waals surface area contributed by atoms with Crippen LogP contribution in [0.1, 0.15) is 15.9 Å². The van der Waals surface area contributed by atoms with Crippen molar-refractivity contribution in [3.8, 4) is 18.2 Å². The van der Waals surface area contributed by atoms with Gasteiger partial charge < -0.3 is 5.32 Å². The normalized spacial score (nSPS) is 9.93. The number of nitrogens with one attached hydrogen (secondary N) is 3. The molecule has 0 aromatic heterocycles. The number of nitriles is 3. The molecule has 3 N–H and O–H groups in total. The Balaban J connectivity index is 2.43. The minimum absolute atomic E-state index is 0.190. The zero-order valence-corrected chi connectivity index (χ0v) is 14.5. The number of rotatable bonds is 5. The van der Waals surface area contributed by atoms with E-state index in [1.807, 2.05) is 0 Å². The number of carbonyl (C=O) groups excluding carboxylic acids is 1. The molecule has 0 bridgehead atoms. The minimum atomic E-state index is -4.71. The van der Waals surface area contributed by atoms with Gasteiger partial charge in [0.2, 0.25) is 0 Å². The van der Waals surface area contributed by atoms with Crippen molar-refractivity contribution in [3.63, 3.8) is 0 Å². The molecule has 0 aliphatic heterocycles. The van der Waals surface area contributed by atoms with Gasteiger partial charge in [0, 0.05) is 0 Å². The van der Waals surface area contributed by atoms with Gasteiger partial charge in [-0.15, -0.1) is 0 Å². The fraction of sp³-hybridized carbons (Fsp3) is 0.0526. The predicted octanol–water partition coefficient (Wildman–Crippen LogP) is 3.70. The van der Waals surface area contributed by atoms with Crippen LogP contribution in [0.3, 0.4) is 0 Å². The quantitative estimate of drug-likeness (QED) is 0.523. The van der Waals surface area contributed by atoms with Crippen LogP contribution in [0.5, 0.6) is 0 Å². The standard InChI is InChI=1S/C19H11F3N6O/c20-19(21,22)13-6-7-16(26-17(11-25)12(9-23)10-24)15(8-13)18(29)28-27-14-4-2-1-3-5-14/h1-8,26-27H,(H,28,29). The number of hydrogen-bond acceptors (Lipinski definition) is 6. The van der Waals surface area contributed by atoms with Crippen molar-refractivity contribution < 1.29 is 18.0 Å². The summed E-state index contributed by atoms with van der Waals surface area (Å²) in [7, 11) is 0. The summed E-state index contributed by atoms with van der Waals surface area (Å²) < 4.78 is 39.2. The van der Waals surface area contributed by atoms with E-state index in [1.165, 1.54) is 12.1 Å². The number of amides is 1. The van der Waals surface area contributed by atoms with Gasteiger partial charge in [0.05, 0.1) is 22.5 Å². The van der Waals surface area contributed by atoms with Crippen LogP contribution in [-0.4, -0.2) is 5.91 Å². The van der Waals surface area contributed by atoms with Crippen LogP contribution in [0.4, 0.5) is 24.5 Å². The fourth-order valence-electron chi connectivity index (χ4n) is 2.15. The molecule has 0 radical (unpaired) electrons. The van der Waals surface area contributed by atoms with Crippen molar-refractivity contribution in [1.29, 1.82) is 15.8 Å². The van der Waals surface area contributed by atoms with Crippen LogP contribution < -0.4 is 16.2 Å². The summed E-state index contributed by atoms with van der Waals surface area (Å²) in [5.74, 6) is -0.935. The van der Waals surface area contributed by atoms with E-state index in [9.17, 15) is 18.0 Å². The molecule has 0 spiro atoms. The van der Waals surface area contributed by atoms with Gasteiger partial charge in [-0.25, -0.2) is 0 Å². The third kappa shape index (κ3) is 5.25. The van der Waals surface area contributed by atoms with Crippen molar-refractivity contribution >= 4 is 17.3 Å². The first-order valence-electron chi connectivity index (χ1n) is 7.84. The Morgan fingerprint density at radius 2 is 1.59 bits per heavy atom. The van der Waals surface area contributed by atoms with Gasteiger partial charge >= 0.3 is 6.18 Å². The van der Waals surface area contributed by atoms with E-state index in [-0.39, 0.29) is 5.69 Å². The van der Waals surface area contributed by atoms with Crippen LogP contribution in [0.15, 0.2) is 59.8 Å². The van der Waals surface area contributed by atoms with Gasteiger partial charge in [0.1, 0.15) is 23.9 Å². The molecule has 2 rings (SSSR count). The topological polar surface area (TPSA) is 125 Å². The Bertz CT molecular complexity index is 1060. The highest BCUT2D eigenvalue weighted by molar-refractivity contribution is 6.00. The number of hydrogen-bond donors (Lipinski definition) is 3. The molecule has 0 fully saturated rings. The summed E-state index contributed by atoms with van der Waals surface area (Å²) in [4.78, 5) is 12.5. The Morgan fingerprint density at radius 3 is 2.14 bits per heavy atom. The highest BCUT2D eigenvalue weighted by Gasteiger charge is 2.32. The second-order valence-corrected chi connectivity index (χ2v) is 5.41. The van der Waals surface area contributed by atoms with Gasteiger partial charge in [0.25, 0.3) is 5.91 Å². The van der Waals surface area contributed by atoms with Crippen molar-refractivity contribution in [2.75, 3.05) is 10.7 Å². The van der Waals surface area contributed by atoms with Crippen molar-refractivity contribution in [2.24, 2.45) is 0 Å². The van der Waals surface area contributed by atoms with Crippen LogP contribution in [0.25, 0.3) is 0 Å². The van der Waals surface area contributed by atoms with E-state index in [2.05, 4.69) is 16.2 Å². The molecule has 2 aromatic carbocycles. The number of halogens is 3. The van der Waals surface area contributed by atoms with Crippen molar-refractivity contribution in [3.05, 3.63) is 70.9 Å². The monoisotopic (exact) mass is 396 g/mol. The fourth-order valence-corrected chi connectivity index (χ4v) is 2.15. The van der Waals surface area contributed by atoms with Crippen LogP contribution in [0, 0.1) is 34.0 Å². The van der Waals surface area contributed by atoms with E-state index in [4.69, 9.17) is 15.8 Å². The second-order valence-electron chi connectivity index (χ2n) is 5.41. The number of nitrogens with zero attached hydrogens (tertiary/aromatic N) is 3. The highest BCUT2D eigenvalue weighted by Crippen LogP contribution is 2.32. The molecule has 10 heteroatoms. The van der Waals surface area contributed by atoms with E-state index in [1.54, 1.807) is 36.4 Å². The number of para-hydroxylation sites is 1. The van der Waals surface area contributed by atoms with Crippen LogP contribution >= 0.6 is 0 Å². The molecule has 1 amide bonds. The Kier molecular flexibility index (Phi) is 6.42. The summed E-state index contributed by atoms with van der Waals surface area (Å²) in [6.45, 7) is 0. The first kappa shape index (κ1) is 20.8. The Labute approximate surface area is 163 Å². The van der Waals surface area contributed by atoms with Gasteiger partial charge in [-0.1, -0.05) is 18.2 Å². The largest absolute Gasteiger partial charge is 0.416 e. The zero-order valence-electron chi connectivity index (χ0n) is 14.5. The number of carbonyl (C=O) groups is 1. The SMILES string of the molecule is N#CC(C#N)=C(C#N)Nc1ccc(C(F)(F)F)cc1C(=O)NNc1ccccc1. The van der Waals surface area contributed by atoms with Gasteiger partial charge in [0.15, 0.2) is 5.57 Å². The lowest BCUT2D eigenvalue weighted by Gasteiger charge is -2.15. The lowest BCUT2D eigenvalue weighted by Crippen LogP contribution is -2.30. The van der Waals surface area contributed by atoms with E-state index in [0.29, 0.717) is 17.8 Å². The number of benzene rings is 2. The molecule has 0 aliphatic carbocycles. The van der Waals surface area contributed by atoms with Gasteiger partial charge in [-0.3, -0.25) is 15.6 Å². The smallest absolute Gasteiger partial charge is 0.344 e. The van der Waals surface area contributed by atoms with Crippen LogP contribution in [-0.2, 0) is 6.18 Å². The molecule has 0 aliphatic rings. The van der Waals surface area contributed by atoms with Gasteiger partial charge in [-0.2, -0.15) is 29.0 Å². The maximum absolute atomic E-state index is 13.1. The molecule has 0 saturated carbocycles. The molecular weight excluding hydrogens is 385 g/mol. The molecule has 0 unspecified atom stereocenters. The molecule has 0 heterocycles. The number of anilines is 2. The first-order valence-corrected chi connectivity index (χ1v) is 7.84. The number of hydrazine groups is 1. The highest BCUT2D eigenvalue weighted by atomic mass is 19.4. The maximum atomic E-state index is 13.1. The molecule has 7 nitrogen and oxygen atoms in total. The Morgan fingerprint density at radius 1 is 0.931 bits per heavy atom. The minimum Gasteiger partial charge on any atom is -0.344 e. The maximum Gasteiger partial charge on any atom is 0.416 e. The van der Waals surface area contributed by atoms with Crippen molar-refractivity contribution in [1.82, 2.24) is 5.43 Å². The molecular formula is C19H11F3N6O. The van der Waals surface area contributed by atoms with E-state index >= 15 is 0 Å². The lowest BCUT2D eigenvalue weighted by atomic mass is 10.1. The Hall–Kier alpha value is -4.49. The molecule has 0 atom stereocenters. The summed E-state index contributed by atoms with van der Waals surface area (Å²) in [5.41, 5.74) is 2.48. The third-order valence-corrected chi connectivity index (χ3v) is 3.53. The summed E-state index contributed by atoms with van der Waals surface area (Å²) in [6.07, 6.45) is -4.71. The molecule has 29 heavy (non-hydrogen) atoms. The number of allylic oxidation sites excluding steroid dienone is 2. The molecule has 2 aromatic rings. The van der Waals surface area contributed by atoms with E-state index < -0.39 is 34.5 Å².